The fraction of sp³-hybridized carbons (Fsp3) is 0.467. The minimum absolute atomic E-state index is 0.0762. The van der Waals surface area contributed by atoms with Crippen LogP contribution < -0.4 is 5.32 Å². The zero-order valence-corrected chi connectivity index (χ0v) is 10.9. The molecule has 102 valence electrons. The molecule has 0 heterocycles. The molecule has 1 aromatic carbocycles. The number of fused-ring (bicyclic) bond motifs is 1. The summed E-state index contributed by atoms with van der Waals surface area (Å²) < 4.78 is 0. The molecule has 1 aromatic rings. The van der Waals surface area contributed by atoms with E-state index in [-0.39, 0.29) is 37.2 Å². The standard InChI is InChI=1S/C15H19NO3/c17-9-8-16-14(18)10-12-6-3-5-11-4-1-2-7-13(11)15(12)19/h1-2,4,7,12,17H,3,5-6,8-10H2,(H,16,18). The van der Waals surface area contributed by atoms with E-state index in [1.54, 1.807) is 0 Å². The van der Waals surface area contributed by atoms with E-state index in [1.165, 1.54) is 0 Å². The van der Waals surface area contributed by atoms with Crippen LogP contribution >= 0.6 is 0 Å². The number of nitrogens with one attached hydrogen (secondary N) is 1. The van der Waals surface area contributed by atoms with Gasteiger partial charge in [0.05, 0.1) is 6.61 Å². The number of rotatable bonds is 4. The lowest BCUT2D eigenvalue weighted by Gasteiger charge is -2.13. The van der Waals surface area contributed by atoms with Crippen LogP contribution in [0.4, 0.5) is 0 Å². The highest BCUT2D eigenvalue weighted by molar-refractivity contribution is 6.01. The van der Waals surface area contributed by atoms with Crippen molar-refractivity contribution in [3.05, 3.63) is 35.4 Å². The lowest BCUT2D eigenvalue weighted by Crippen LogP contribution is -2.30. The first-order chi connectivity index (χ1) is 9.22. The van der Waals surface area contributed by atoms with Crippen molar-refractivity contribution >= 4 is 11.7 Å². The number of aliphatic hydroxyl groups excluding tert-OH is 1. The first kappa shape index (κ1) is 13.7. The summed E-state index contributed by atoms with van der Waals surface area (Å²) in [6.07, 6.45) is 2.80. The number of amides is 1. The van der Waals surface area contributed by atoms with E-state index in [1.807, 2.05) is 24.3 Å². The Balaban J connectivity index is 2.07. The Morgan fingerprint density at radius 2 is 2.16 bits per heavy atom. The van der Waals surface area contributed by atoms with E-state index in [4.69, 9.17) is 5.11 Å². The summed E-state index contributed by atoms with van der Waals surface area (Å²) in [6, 6.07) is 7.65. The SMILES string of the molecule is O=C(CC1CCCc2ccccc2C1=O)NCCO. The molecule has 0 saturated heterocycles. The van der Waals surface area contributed by atoms with E-state index in [0.29, 0.717) is 0 Å². The molecule has 0 saturated carbocycles. The molecule has 2 N–H and O–H groups in total. The number of aliphatic hydroxyl groups is 1. The molecule has 4 heteroatoms. The lowest BCUT2D eigenvalue weighted by atomic mass is 9.92. The zero-order chi connectivity index (χ0) is 13.7. The summed E-state index contributed by atoms with van der Waals surface area (Å²) in [5.74, 6) is -0.318. The topological polar surface area (TPSA) is 66.4 Å². The third kappa shape index (κ3) is 3.41. The molecule has 1 amide bonds. The molecule has 2 rings (SSSR count). The molecule has 0 bridgehead atoms. The molecule has 19 heavy (non-hydrogen) atoms. The van der Waals surface area contributed by atoms with Crippen LogP contribution in [-0.2, 0) is 11.2 Å². The Bertz CT molecular complexity index is 470. The summed E-state index contributed by atoms with van der Waals surface area (Å²) in [4.78, 5) is 24.1. The van der Waals surface area contributed by atoms with Gasteiger partial charge in [-0.2, -0.15) is 0 Å². The van der Waals surface area contributed by atoms with Gasteiger partial charge in [-0.25, -0.2) is 0 Å². The maximum absolute atomic E-state index is 12.4. The van der Waals surface area contributed by atoms with Crippen LogP contribution in [0.3, 0.4) is 0 Å². The van der Waals surface area contributed by atoms with Gasteiger partial charge in [-0.05, 0) is 24.8 Å². The Hall–Kier alpha value is -1.68. The van der Waals surface area contributed by atoms with E-state index in [9.17, 15) is 9.59 Å². The summed E-state index contributed by atoms with van der Waals surface area (Å²) in [5.41, 5.74) is 1.85. The first-order valence-electron chi connectivity index (χ1n) is 6.72. The maximum Gasteiger partial charge on any atom is 0.220 e. The molecule has 0 aromatic heterocycles. The van der Waals surface area contributed by atoms with Crippen LogP contribution in [0, 0.1) is 5.92 Å². The van der Waals surface area contributed by atoms with Crippen molar-refractivity contribution in [3.8, 4) is 0 Å². The smallest absolute Gasteiger partial charge is 0.220 e. The Morgan fingerprint density at radius 1 is 1.37 bits per heavy atom. The van der Waals surface area contributed by atoms with Gasteiger partial charge in [-0.1, -0.05) is 24.3 Å². The van der Waals surface area contributed by atoms with E-state index < -0.39 is 0 Å². The molecular formula is C15H19NO3. The average Bonchev–Trinajstić information content (AvgIpc) is 2.58. The predicted molar refractivity (Wildman–Crippen MR) is 71.9 cm³/mol. The number of hydrogen-bond donors (Lipinski definition) is 2. The fourth-order valence-electron chi connectivity index (χ4n) is 2.55. The third-order valence-corrected chi connectivity index (χ3v) is 3.52. The molecule has 1 unspecified atom stereocenters. The lowest BCUT2D eigenvalue weighted by molar-refractivity contribution is -0.121. The number of benzene rings is 1. The number of hydrogen-bond acceptors (Lipinski definition) is 3. The number of aryl methyl sites for hydroxylation is 1. The monoisotopic (exact) mass is 261 g/mol. The van der Waals surface area contributed by atoms with Crippen LogP contribution in [-0.4, -0.2) is 29.9 Å². The van der Waals surface area contributed by atoms with Crippen LogP contribution in [0.25, 0.3) is 0 Å². The molecule has 0 spiro atoms. The van der Waals surface area contributed by atoms with Gasteiger partial charge in [0.2, 0.25) is 5.91 Å². The Kier molecular flexibility index (Phi) is 4.68. The highest BCUT2D eigenvalue weighted by Crippen LogP contribution is 2.26. The Labute approximate surface area is 112 Å². The molecule has 0 radical (unpaired) electrons. The van der Waals surface area contributed by atoms with Gasteiger partial charge in [0.15, 0.2) is 5.78 Å². The summed E-state index contributed by atoms with van der Waals surface area (Å²) >= 11 is 0. The Morgan fingerprint density at radius 3 is 2.95 bits per heavy atom. The summed E-state index contributed by atoms with van der Waals surface area (Å²) in [5, 5.41) is 11.3. The number of Topliss-reactive ketones (excluding diaryl/α,β-unsaturated/α-hetero) is 1. The molecule has 1 aliphatic carbocycles. The van der Waals surface area contributed by atoms with Gasteiger partial charge < -0.3 is 10.4 Å². The molecule has 4 nitrogen and oxygen atoms in total. The number of carbonyl (C=O) groups excluding carboxylic acids is 2. The second-order valence-corrected chi connectivity index (χ2v) is 4.89. The van der Waals surface area contributed by atoms with Gasteiger partial charge in [-0.15, -0.1) is 0 Å². The second-order valence-electron chi connectivity index (χ2n) is 4.89. The van der Waals surface area contributed by atoms with Crippen LogP contribution in [0.5, 0.6) is 0 Å². The number of carbonyl (C=O) groups is 2. The molecular weight excluding hydrogens is 242 g/mol. The van der Waals surface area contributed by atoms with Gasteiger partial charge in [0.1, 0.15) is 0 Å². The van der Waals surface area contributed by atoms with Crippen LogP contribution in [0.1, 0.15) is 35.2 Å². The molecule has 0 aliphatic heterocycles. The maximum atomic E-state index is 12.4. The van der Waals surface area contributed by atoms with Crippen LogP contribution in [0.2, 0.25) is 0 Å². The highest BCUT2D eigenvalue weighted by atomic mass is 16.3. The van der Waals surface area contributed by atoms with E-state index in [2.05, 4.69) is 5.32 Å². The van der Waals surface area contributed by atoms with Crippen molar-refractivity contribution in [2.75, 3.05) is 13.2 Å². The van der Waals surface area contributed by atoms with Gasteiger partial charge in [0, 0.05) is 24.4 Å². The predicted octanol–water partition coefficient (Wildman–Crippen LogP) is 1.32. The number of ketones is 1. The summed E-state index contributed by atoms with van der Waals surface area (Å²) in [6.45, 7) is 0.170. The second kappa shape index (κ2) is 6.48. The van der Waals surface area contributed by atoms with E-state index >= 15 is 0 Å². The fourth-order valence-corrected chi connectivity index (χ4v) is 2.55. The largest absolute Gasteiger partial charge is 0.395 e. The van der Waals surface area contributed by atoms with Crippen molar-refractivity contribution in [2.24, 2.45) is 5.92 Å². The zero-order valence-electron chi connectivity index (χ0n) is 10.9. The summed E-state index contributed by atoms with van der Waals surface area (Å²) in [7, 11) is 0. The minimum Gasteiger partial charge on any atom is -0.395 e. The van der Waals surface area contributed by atoms with Gasteiger partial charge in [-0.3, -0.25) is 9.59 Å². The van der Waals surface area contributed by atoms with E-state index in [0.717, 1.165) is 30.4 Å². The van der Waals surface area contributed by atoms with Crippen LogP contribution in [0.15, 0.2) is 24.3 Å². The normalized spacial score (nSPS) is 18.6. The van der Waals surface area contributed by atoms with Crippen molar-refractivity contribution < 1.29 is 14.7 Å². The quantitative estimate of drug-likeness (QED) is 0.803. The highest BCUT2D eigenvalue weighted by Gasteiger charge is 2.26. The minimum atomic E-state index is -0.234. The van der Waals surface area contributed by atoms with Gasteiger partial charge >= 0.3 is 0 Å². The third-order valence-electron chi connectivity index (χ3n) is 3.52. The first-order valence-corrected chi connectivity index (χ1v) is 6.72. The van der Waals surface area contributed by atoms with Crippen molar-refractivity contribution in [3.63, 3.8) is 0 Å². The molecule has 1 aliphatic rings. The van der Waals surface area contributed by atoms with Crippen molar-refractivity contribution in [1.82, 2.24) is 5.32 Å². The molecule has 0 fully saturated rings. The molecule has 1 atom stereocenters. The van der Waals surface area contributed by atoms with Crippen molar-refractivity contribution in [1.29, 1.82) is 0 Å². The average molecular weight is 261 g/mol. The van der Waals surface area contributed by atoms with Crippen molar-refractivity contribution in [2.45, 2.75) is 25.7 Å². The van der Waals surface area contributed by atoms with Gasteiger partial charge in [0.25, 0.3) is 0 Å².